The maximum absolute atomic E-state index is 11.9. The first-order valence-electron chi connectivity index (χ1n) is 7.60. The van der Waals surface area contributed by atoms with Gasteiger partial charge in [-0.15, -0.1) is 0 Å². The van der Waals surface area contributed by atoms with Crippen LogP contribution in [-0.4, -0.2) is 36.5 Å². The summed E-state index contributed by atoms with van der Waals surface area (Å²) in [4.78, 5) is 13.9. The van der Waals surface area contributed by atoms with Crippen molar-refractivity contribution >= 4 is 5.91 Å². The Hall–Kier alpha value is -0.570. The largest absolute Gasteiger partial charge is 0.342 e. The topological polar surface area (TPSA) is 32.3 Å². The third-order valence-corrected chi connectivity index (χ3v) is 4.15. The van der Waals surface area contributed by atoms with Gasteiger partial charge in [0.25, 0.3) is 0 Å². The maximum atomic E-state index is 11.9. The van der Waals surface area contributed by atoms with E-state index in [1.807, 2.05) is 18.7 Å². The van der Waals surface area contributed by atoms with E-state index in [0.29, 0.717) is 11.9 Å². The lowest BCUT2D eigenvalue weighted by molar-refractivity contribution is -0.135. The van der Waals surface area contributed by atoms with Gasteiger partial charge in [-0.3, -0.25) is 4.79 Å². The van der Waals surface area contributed by atoms with Crippen molar-refractivity contribution in [3.8, 4) is 0 Å². The molecule has 0 saturated carbocycles. The van der Waals surface area contributed by atoms with Crippen LogP contribution in [0.25, 0.3) is 0 Å². The van der Waals surface area contributed by atoms with E-state index < -0.39 is 0 Å². The molecular formula is C15H30N2O. The number of hydrogen-bond acceptors (Lipinski definition) is 2. The summed E-state index contributed by atoms with van der Waals surface area (Å²) in [5, 5.41) is 3.67. The standard InChI is InChI=1S/C15H30N2O/c1-5-13(6-2)11-16-14-7-9-17(10-8-14)15(18)12(3)4/h12-14,16H,5-11H2,1-4H3. The second-order valence-corrected chi connectivity index (χ2v) is 5.85. The van der Waals surface area contributed by atoms with Gasteiger partial charge in [-0.25, -0.2) is 0 Å². The lowest BCUT2D eigenvalue weighted by Gasteiger charge is -2.34. The van der Waals surface area contributed by atoms with Crippen LogP contribution in [0.5, 0.6) is 0 Å². The van der Waals surface area contributed by atoms with Crippen LogP contribution < -0.4 is 5.32 Å². The van der Waals surface area contributed by atoms with Crippen LogP contribution in [0, 0.1) is 11.8 Å². The van der Waals surface area contributed by atoms with Crippen LogP contribution in [0.3, 0.4) is 0 Å². The average molecular weight is 254 g/mol. The lowest BCUT2D eigenvalue weighted by atomic mass is 10.00. The van der Waals surface area contributed by atoms with Gasteiger partial charge in [-0.05, 0) is 25.3 Å². The van der Waals surface area contributed by atoms with E-state index >= 15 is 0 Å². The fourth-order valence-electron chi connectivity index (χ4n) is 2.58. The normalized spacial score (nSPS) is 17.8. The maximum Gasteiger partial charge on any atom is 0.225 e. The SMILES string of the molecule is CCC(CC)CNC1CCN(C(=O)C(C)C)CC1. The Morgan fingerprint density at radius 3 is 2.22 bits per heavy atom. The Bertz CT molecular complexity index is 241. The Labute approximate surface area is 112 Å². The number of amides is 1. The molecule has 3 nitrogen and oxygen atoms in total. The van der Waals surface area contributed by atoms with Crippen molar-refractivity contribution in [2.24, 2.45) is 11.8 Å². The molecule has 0 aromatic heterocycles. The number of piperidine rings is 1. The van der Waals surface area contributed by atoms with Gasteiger partial charge in [-0.2, -0.15) is 0 Å². The predicted molar refractivity (Wildman–Crippen MR) is 76.5 cm³/mol. The van der Waals surface area contributed by atoms with E-state index in [-0.39, 0.29) is 5.92 Å². The van der Waals surface area contributed by atoms with Crippen LogP contribution in [0.1, 0.15) is 53.4 Å². The Kier molecular flexibility index (Phi) is 6.69. The second kappa shape index (κ2) is 7.78. The number of carbonyl (C=O) groups excluding carboxylic acids is 1. The minimum Gasteiger partial charge on any atom is -0.342 e. The molecule has 0 aliphatic carbocycles. The summed E-state index contributed by atoms with van der Waals surface area (Å²) < 4.78 is 0. The molecule has 1 fully saturated rings. The zero-order chi connectivity index (χ0) is 13.5. The first-order chi connectivity index (χ1) is 8.58. The number of nitrogens with one attached hydrogen (secondary N) is 1. The molecule has 0 spiro atoms. The Balaban J connectivity index is 2.25. The highest BCUT2D eigenvalue weighted by Crippen LogP contribution is 2.14. The quantitative estimate of drug-likeness (QED) is 0.790. The molecule has 1 aliphatic heterocycles. The number of likely N-dealkylation sites (tertiary alicyclic amines) is 1. The fourth-order valence-corrected chi connectivity index (χ4v) is 2.58. The average Bonchev–Trinajstić information content (AvgIpc) is 2.39. The number of rotatable bonds is 6. The molecule has 1 heterocycles. The van der Waals surface area contributed by atoms with Gasteiger partial charge in [0.05, 0.1) is 0 Å². The van der Waals surface area contributed by atoms with Crippen molar-refractivity contribution in [1.29, 1.82) is 0 Å². The van der Waals surface area contributed by atoms with Gasteiger partial charge >= 0.3 is 0 Å². The van der Waals surface area contributed by atoms with Gasteiger partial charge in [0, 0.05) is 25.0 Å². The third kappa shape index (κ3) is 4.60. The molecule has 1 amide bonds. The molecule has 0 aromatic carbocycles. The molecule has 18 heavy (non-hydrogen) atoms. The molecule has 1 aliphatic rings. The minimum absolute atomic E-state index is 0.138. The van der Waals surface area contributed by atoms with Crippen molar-refractivity contribution < 1.29 is 4.79 Å². The molecule has 0 atom stereocenters. The molecule has 3 heteroatoms. The van der Waals surface area contributed by atoms with Crippen molar-refractivity contribution in [1.82, 2.24) is 10.2 Å². The van der Waals surface area contributed by atoms with Crippen molar-refractivity contribution in [3.63, 3.8) is 0 Å². The van der Waals surface area contributed by atoms with E-state index in [1.165, 1.54) is 12.8 Å². The third-order valence-electron chi connectivity index (χ3n) is 4.15. The van der Waals surface area contributed by atoms with Gasteiger partial charge in [-0.1, -0.05) is 40.5 Å². The summed E-state index contributed by atoms with van der Waals surface area (Å²) in [5.41, 5.74) is 0. The van der Waals surface area contributed by atoms with E-state index in [9.17, 15) is 4.79 Å². The summed E-state index contributed by atoms with van der Waals surface area (Å²) >= 11 is 0. The summed E-state index contributed by atoms with van der Waals surface area (Å²) in [6, 6.07) is 0.613. The zero-order valence-corrected chi connectivity index (χ0v) is 12.5. The molecule has 0 unspecified atom stereocenters. The highest BCUT2D eigenvalue weighted by Gasteiger charge is 2.24. The Morgan fingerprint density at radius 2 is 1.78 bits per heavy atom. The van der Waals surface area contributed by atoms with Crippen LogP contribution in [0.15, 0.2) is 0 Å². The van der Waals surface area contributed by atoms with E-state index in [2.05, 4.69) is 19.2 Å². The second-order valence-electron chi connectivity index (χ2n) is 5.85. The zero-order valence-electron chi connectivity index (χ0n) is 12.5. The smallest absolute Gasteiger partial charge is 0.225 e. The van der Waals surface area contributed by atoms with Crippen LogP contribution >= 0.6 is 0 Å². The summed E-state index contributed by atoms with van der Waals surface area (Å²) in [5.74, 6) is 1.26. The summed E-state index contributed by atoms with van der Waals surface area (Å²) in [7, 11) is 0. The number of carbonyl (C=O) groups is 1. The first-order valence-corrected chi connectivity index (χ1v) is 7.60. The first kappa shape index (κ1) is 15.5. The molecule has 1 N–H and O–H groups in total. The van der Waals surface area contributed by atoms with Crippen molar-refractivity contribution in [3.05, 3.63) is 0 Å². The van der Waals surface area contributed by atoms with E-state index in [0.717, 1.165) is 38.4 Å². The van der Waals surface area contributed by atoms with Gasteiger partial charge in [0.2, 0.25) is 5.91 Å². The Morgan fingerprint density at radius 1 is 1.22 bits per heavy atom. The van der Waals surface area contributed by atoms with Crippen LogP contribution in [0.2, 0.25) is 0 Å². The molecule has 0 aromatic rings. The summed E-state index contributed by atoms with van der Waals surface area (Å²) in [6.45, 7) is 11.5. The monoisotopic (exact) mass is 254 g/mol. The molecule has 106 valence electrons. The molecule has 0 bridgehead atoms. The highest BCUT2D eigenvalue weighted by molar-refractivity contribution is 5.78. The molecule has 1 rings (SSSR count). The highest BCUT2D eigenvalue weighted by atomic mass is 16.2. The van der Waals surface area contributed by atoms with Crippen LogP contribution in [-0.2, 0) is 4.79 Å². The van der Waals surface area contributed by atoms with Gasteiger partial charge in [0.15, 0.2) is 0 Å². The van der Waals surface area contributed by atoms with E-state index in [1.54, 1.807) is 0 Å². The molecule has 0 radical (unpaired) electrons. The van der Waals surface area contributed by atoms with Gasteiger partial charge < -0.3 is 10.2 Å². The van der Waals surface area contributed by atoms with Crippen molar-refractivity contribution in [2.75, 3.05) is 19.6 Å². The van der Waals surface area contributed by atoms with Crippen molar-refractivity contribution in [2.45, 2.75) is 59.4 Å². The minimum atomic E-state index is 0.138. The number of nitrogens with zero attached hydrogens (tertiary/aromatic N) is 1. The molecule has 1 saturated heterocycles. The fraction of sp³-hybridized carbons (Fsp3) is 0.933. The molecular weight excluding hydrogens is 224 g/mol. The van der Waals surface area contributed by atoms with Gasteiger partial charge in [0.1, 0.15) is 0 Å². The lowest BCUT2D eigenvalue weighted by Crippen LogP contribution is -2.46. The predicted octanol–water partition coefficient (Wildman–Crippen LogP) is 2.66. The summed E-state index contributed by atoms with van der Waals surface area (Å²) in [6.07, 6.45) is 4.74. The van der Waals surface area contributed by atoms with E-state index in [4.69, 9.17) is 0 Å². The van der Waals surface area contributed by atoms with Crippen LogP contribution in [0.4, 0.5) is 0 Å². The number of hydrogen-bond donors (Lipinski definition) is 1.